The van der Waals surface area contributed by atoms with Crippen LogP contribution in [0.4, 0.5) is 9.18 Å². The van der Waals surface area contributed by atoms with E-state index >= 15 is 0 Å². The highest BCUT2D eigenvalue weighted by atomic mass is 35.5. The van der Waals surface area contributed by atoms with Crippen molar-refractivity contribution in [2.24, 2.45) is 5.92 Å². The van der Waals surface area contributed by atoms with Gasteiger partial charge in [-0.05, 0) is 56.0 Å². The zero-order valence-electron chi connectivity index (χ0n) is 18.4. The minimum atomic E-state index is -0.898. The normalized spacial score (nSPS) is 17.9. The third kappa shape index (κ3) is 5.42. The van der Waals surface area contributed by atoms with Gasteiger partial charge < -0.3 is 5.32 Å². The Morgan fingerprint density at radius 3 is 2.30 bits per heavy atom. The van der Waals surface area contributed by atoms with Crippen LogP contribution in [0.1, 0.15) is 51.4 Å². The van der Waals surface area contributed by atoms with Gasteiger partial charge in [-0.2, -0.15) is 0 Å². The largest absolute Gasteiger partial charge is 0.338 e. The molecule has 0 aromatic heterocycles. The van der Waals surface area contributed by atoms with Crippen molar-refractivity contribution < 1.29 is 23.6 Å². The van der Waals surface area contributed by atoms with Crippen LogP contribution in [0, 0.1) is 32.5 Å². The second-order valence-electron chi connectivity index (χ2n) is 8.26. The molecule has 1 aliphatic rings. The van der Waals surface area contributed by atoms with Crippen molar-refractivity contribution in [3.63, 3.8) is 0 Å². The minimum absolute atomic E-state index is 0.0735. The van der Waals surface area contributed by atoms with Gasteiger partial charge >= 0.3 is 6.03 Å². The van der Waals surface area contributed by atoms with Crippen molar-refractivity contribution in [2.45, 2.75) is 39.5 Å². The zero-order valence-corrected chi connectivity index (χ0v) is 19.9. The van der Waals surface area contributed by atoms with E-state index in [0.29, 0.717) is 0 Å². The van der Waals surface area contributed by atoms with Gasteiger partial charge in [0.1, 0.15) is 17.5 Å². The fourth-order valence-corrected chi connectivity index (χ4v) is 4.79. The van der Waals surface area contributed by atoms with Crippen LogP contribution >= 0.6 is 23.2 Å². The summed E-state index contributed by atoms with van der Waals surface area (Å²) in [6.07, 6.45) is 0.362. The number of nitrogens with one attached hydrogen (secondary N) is 2. The predicted molar refractivity (Wildman–Crippen MR) is 123 cm³/mol. The van der Waals surface area contributed by atoms with E-state index in [4.69, 9.17) is 23.2 Å². The summed E-state index contributed by atoms with van der Waals surface area (Å²) in [7, 11) is 0. The summed E-state index contributed by atoms with van der Waals surface area (Å²) < 4.78 is 13.6. The Bertz CT molecular complexity index is 1140. The maximum Gasteiger partial charge on any atom is 0.321 e. The lowest BCUT2D eigenvalue weighted by Gasteiger charge is -2.16. The van der Waals surface area contributed by atoms with E-state index in [2.05, 4.69) is 5.32 Å². The summed E-state index contributed by atoms with van der Waals surface area (Å²) in [4.78, 5) is 49.9. The number of halogens is 3. The number of imide groups is 1. The Kier molecular flexibility index (Phi) is 7.55. The number of carbonyl (C=O) groups excluding carboxylic acids is 4. The van der Waals surface area contributed by atoms with E-state index in [1.165, 1.54) is 0 Å². The number of hydrogen-bond donors (Lipinski definition) is 2. The predicted octanol–water partition coefficient (Wildman–Crippen LogP) is 4.83. The first kappa shape index (κ1) is 24.9. The number of urea groups is 1. The SMILES string of the molecule is Cc1cc(C)c(C2C(=O)CC(CCNC(=O)NC(=O)c3cc(F)c(Cl)cc3Cl)C2=O)c(C)c1. The topological polar surface area (TPSA) is 92.3 Å². The molecule has 1 saturated carbocycles. The molecule has 1 fully saturated rings. The summed E-state index contributed by atoms with van der Waals surface area (Å²) in [5.41, 5.74) is 3.41. The molecule has 2 N–H and O–H groups in total. The molecule has 3 amide bonds. The third-order valence-electron chi connectivity index (χ3n) is 5.74. The van der Waals surface area contributed by atoms with Crippen molar-refractivity contribution in [3.05, 3.63) is 67.9 Å². The molecule has 0 bridgehead atoms. The van der Waals surface area contributed by atoms with Gasteiger partial charge in [-0.15, -0.1) is 0 Å². The second-order valence-corrected chi connectivity index (χ2v) is 9.07. The van der Waals surface area contributed by atoms with Crippen molar-refractivity contribution >= 4 is 46.7 Å². The molecule has 2 unspecified atom stereocenters. The molecule has 2 aromatic carbocycles. The molecule has 1 aliphatic carbocycles. The number of rotatable bonds is 5. The number of benzene rings is 2. The Morgan fingerprint density at radius 2 is 1.67 bits per heavy atom. The second kappa shape index (κ2) is 10.0. The minimum Gasteiger partial charge on any atom is -0.338 e. The van der Waals surface area contributed by atoms with Gasteiger partial charge in [-0.25, -0.2) is 9.18 Å². The number of carbonyl (C=O) groups is 4. The van der Waals surface area contributed by atoms with Crippen LogP contribution in [-0.2, 0) is 9.59 Å². The monoisotopic (exact) mass is 492 g/mol. The fraction of sp³-hybridized carbons (Fsp3) is 0.333. The van der Waals surface area contributed by atoms with E-state index in [-0.39, 0.29) is 46.6 Å². The van der Waals surface area contributed by atoms with Crippen LogP contribution in [0.15, 0.2) is 24.3 Å². The molecule has 33 heavy (non-hydrogen) atoms. The van der Waals surface area contributed by atoms with Crippen molar-refractivity contribution in [2.75, 3.05) is 6.54 Å². The molecule has 0 radical (unpaired) electrons. The molecule has 9 heteroatoms. The van der Waals surface area contributed by atoms with E-state index in [1.54, 1.807) is 0 Å². The highest BCUT2D eigenvalue weighted by Crippen LogP contribution is 2.37. The van der Waals surface area contributed by atoms with Crippen molar-refractivity contribution in [1.82, 2.24) is 10.6 Å². The quantitative estimate of drug-likeness (QED) is 0.461. The summed E-state index contributed by atoms with van der Waals surface area (Å²) in [6, 6.07) is 4.99. The Morgan fingerprint density at radius 1 is 1.03 bits per heavy atom. The maximum absolute atomic E-state index is 13.6. The lowest BCUT2D eigenvalue weighted by Crippen LogP contribution is -2.40. The smallest absolute Gasteiger partial charge is 0.321 e. The average molecular weight is 493 g/mol. The molecule has 6 nitrogen and oxygen atoms in total. The van der Waals surface area contributed by atoms with Gasteiger partial charge in [0.05, 0.1) is 15.6 Å². The van der Waals surface area contributed by atoms with Crippen molar-refractivity contribution in [3.8, 4) is 0 Å². The first-order chi connectivity index (χ1) is 15.5. The van der Waals surface area contributed by atoms with E-state index in [9.17, 15) is 23.6 Å². The number of hydrogen-bond acceptors (Lipinski definition) is 4. The molecule has 0 heterocycles. The number of aryl methyl sites for hydroxylation is 3. The summed E-state index contributed by atoms with van der Waals surface area (Å²) in [6.45, 7) is 5.82. The fourth-order valence-electron chi connectivity index (χ4n) is 4.32. The Balaban J connectivity index is 1.57. The number of ketones is 2. The van der Waals surface area contributed by atoms with Crippen LogP contribution in [0.2, 0.25) is 10.0 Å². The first-order valence-electron chi connectivity index (χ1n) is 10.4. The molecule has 0 spiro atoms. The lowest BCUT2D eigenvalue weighted by molar-refractivity contribution is -0.124. The van der Waals surface area contributed by atoms with E-state index < -0.39 is 29.6 Å². The highest BCUT2D eigenvalue weighted by Gasteiger charge is 2.42. The molecule has 174 valence electrons. The highest BCUT2D eigenvalue weighted by molar-refractivity contribution is 6.37. The molecular formula is C24H23Cl2FN2O4. The van der Waals surface area contributed by atoms with Crippen LogP contribution in [-0.4, -0.2) is 30.0 Å². The zero-order chi connectivity index (χ0) is 24.4. The molecule has 3 rings (SSSR count). The Hall–Kier alpha value is -2.77. The number of amides is 3. The standard InChI is InChI=1S/C24H23Cl2FN2O4/c1-11-6-12(2)20(13(3)7-11)21-19(30)8-14(22(21)31)4-5-28-24(33)29-23(32)15-9-18(27)17(26)10-16(15)25/h6-7,9-10,14,21H,4-5,8H2,1-3H3,(H2,28,29,32,33). The number of Topliss-reactive ketones (excluding diaryl/α,β-unsaturated/α-hetero) is 2. The van der Waals surface area contributed by atoms with Gasteiger partial charge in [0, 0.05) is 18.9 Å². The molecule has 0 aliphatic heterocycles. The molecule has 0 saturated heterocycles. The van der Waals surface area contributed by atoms with Gasteiger partial charge in [-0.3, -0.25) is 19.7 Å². The third-order valence-corrected chi connectivity index (χ3v) is 6.35. The summed E-state index contributed by atoms with van der Waals surface area (Å²) >= 11 is 11.5. The lowest BCUT2D eigenvalue weighted by atomic mass is 9.86. The van der Waals surface area contributed by atoms with Gasteiger partial charge in [0.15, 0.2) is 5.78 Å². The summed E-state index contributed by atoms with van der Waals surface area (Å²) in [5.74, 6) is -3.32. The van der Waals surface area contributed by atoms with E-state index in [0.717, 1.165) is 34.4 Å². The molecular weight excluding hydrogens is 470 g/mol. The van der Waals surface area contributed by atoms with Crippen LogP contribution in [0.5, 0.6) is 0 Å². The van der Waals surface area contributed by atoms with Crippen LogP contribution in [0.25, 0.3) is 0 Å². The van der Waals surface area contributed by atoms with E-state index in [1.807, 2.05) is 38.2 Å². The van der Waals surface area contributed by atoms with Crippen molar-refractivity contribution in [1.29, 1.82) is 0 Å². The van der Waals surface area contributed by atoms with Gasteiger partial charge in [-0.1, -0.05) is 40.9 Å². The average Bonchev–Trinajstić information content (AvgIpc) is 2.98. The molecule has 2 aromatic rings. The first-order valence-corrected chi connectivity index (χ1v) is 11.1. The van der Waals surface area contributed by atoms with Gasteiger partial charge in [0.2, 0.25) is 0 Å². The van der Waals surface area contributed by atoms with Crippen LogP contribution in [0.3, 0.4) is 0 Å². The Labute approximate surface area is 200 Å². The van der Waals surface area contributed by atoms with Gasteiger partial charge in [0.25, 0.3) is 5.91 Å². The van der Waals surface area contributed by atoms with Crippen LogP contribution < -0.4 is 10.6 Å². The maximum atomic E-state index is 13.6. The molecule has 2 atom stereocenters. The summed E-state index contributed by atoms with van der Waals surface area (Å²) in [5, 5.41) is 4.18.